The number of aromatic amines is 1. The number of carbonyl (C=O) groups excluding carboxylic acids is 1. The lowest BCUT2D eigenvalue weighted by Gasteiger charge is -2.25. The van der Waals surface area contributed by atoms with E-state index in [2.05, 4.69) is 51.1 Å². The SMILES string of the molecule is C=CC(=O)Nc1cc(Nc2nccc(-c3[nH]c(CCCO)nc3-c3ccc4ccoc4c3)n2)c(OC)cc1N1CCC(N(C)C)C1. The second-order valence-electron chi connectivity index (χ2n) is 11.4. The second-order valence-corrected chi connectivity index (χ2v) is 11.4. The normalized spacial score (nSPS) is 14.6. The summed E-state index contributed by atoms with van der Waals surface area (Å²) in [5.74, 6) is 1.34. The van der Waals surface area contributed by atoms with Crippen LogP contribution in [0.15, 0.2) is 72.0 Å². The van der Waals surface area contributed by atoms with E-state index < -0.39 is 0 Å². The monoisotopic (exact) mass is 622 g/mol. The number of hydrogen-bond donors (Lipinski definition) is 4. The highest BCUT2D eigenvalue weighted by Crippen LogP contribution is 2.40. The fourth-order valence-electron chi connectivity index (χ4n) is 5.73. The number of nitrogens with one attached hydrogen (secondary N) is 3. The number of carbonyl (C=O) groups is 1. The van der Waals surface area contributed by atoms with Crippen molar-refractivity contribution in [3.8, 4) is 28.4 Å². The van der Waals surface area contributed by atoms with Crippen molar-refractivity contribution in [2.45, 2.75) is 25.3 Å². The minimum atomic E-state index is -0.310. The van der Waals surface area contributed by atoms with E-state index in [1.165, 1.54) is 6.08 Å². The number of imidazole rings is 1. The maximum atomic E-state index is 12.5. The molecular weight excluding hydrogens is 584 g/mol. The van der Waals surface area contributed by atoms with Gasteiger partial charge in [-0.1, -0.05) is 18.7 Å². The predicted molar refractivity (Wildman–Crippen MR) is 180 cm³/mol. The van der Waals surface area contributed by atoms with Crippen LogP contribution in [0.2, 0.25) is 0 Å². The number of ether oxygens (including phenoxy) is 1. The van der Waals surface area contributed by atoms with Crippen LogP contribution in [-0.4, -0.2) is 82.8 Å². The molecule has 3 aromatic heterocycles. The van der Waals surface area contributed by atoms with Crippen molar-refractivity contribution in [2.75, 3.05) is 56.4 Å². The minimum absolute atomic E-state index is 0.0646. The molecule has 0 radical (unpaired) electrons. The molecule has 0 spiro atoms. The Hall–Kier alpha value is -5.20. The number of amides is 1. The van der Waals surface area contributed by atoms with Crippen molar-refractivity contribution in [2.24, 2.45) is 0 Å². The first-order chi connectivity index (χ1) is 22.4. The average molecular weight is 623 g/mol. The van der Waals surface area contributed by atoms with Crippen LogP contribution in [0.3, 0.4) is 0 Å². The molecule has 0 aliphatic carbocycles. The van der Waals surface area contributed by atoms with Crippen LogP contribution in [0, 0.1) is 0 Å². The summed E-state index contributed by atoms with van der Waals surface area (Å²) in [6.45, 7) is 5.36. The Balaban J connectivity index is 1.36. The van der Waals surface area contributed by atoms with Gasteiger partial charge in [-0.15, -0.1) is 0 Å². The van der Waals surface area contributed by atoms with E-state index in [-0.39, 0.29) is 12.5 Å². The molecule has 0 saturated carbocycles. The first kappa shape index (κ1) is 30.8. The van der Waals surface area contributed by atoms with Crippen molar-refractivity contribution in [3.63, 3.8) is 0 Å². The Morgan fingerprint density at radius 3 is 2.85 bits per heavy atom. The van der Waals surface area contributed by atoms with Crippen molar-refractivity contribution >= 4 is 39.9 Å². The van der Waals surface area contributed by atoms with Crippen molar-refractivity contribution in [1.82, 2.24) is 24.8 Å². The number of H-pyrrole nitrogens is 1. The number of nitrogens with zero attached hydrogens (tertiary/aromatic N) is 5. The Labute approximate surface area is 267 Å². The lowest BCUT2D eigenvalue weighted by Crippen LogP contribution is -2.31. The van der Waals surface area contributed by atoms with Gasteiger partial charge in [-0.05, 0) is 57.3 Å². The van der Waals surface area contributed by atoms with Gasteiger partial charge < -0.3 is 39.7 Å². The summed E-state index contributed by atoms with van der Waals surface area (Å²) in [5.41, 5.74) is 5.76. The third kappa shape index (κ3) is 6.44. The number of aliphatic hydroxyl groups is 1. The van der Waals surface area contributed by atoms with E-state index in [9.17, 15) is 9.90 Å². The van der Waals surface area contributed by atoms with Gasteiger partial charge in [-0.2, -0.15) is 0 Å². The molecule has 1 atom stereocenters. The summed E-state index contributed by atoms with van der Waals surface area (Å²) in [6, 6.07) is 13.8. The largest absolute Gasteiger partial charge is 0.494 e. The molecule has 0 bridgehead atoms. The van der Waals surface area contributed by atoms with E-state index in [1.54, 1.807) is 19.6 Å². The fourth-order valence-corrected chi connectivity index (χ4v) is 5.73. The number of likely N-dealkylation sites (N-methyl/N-ethyl adjacent to an activating group) is 1. The summed E-state index contributed by atoms with van der Waals surface area (Å²) in [7, 11) is 5.77. The van der Waals surface area contributed by atoms with Crippen molar-refractivity contribution in [3.05, 3.63) is 73.4 Å². The van der Waals surface area contributed by atoms with Gasteiger partial charge in [0, 0.05) is 55.4 Å². The molecule has 4 N–H and O–H groups in total. The van der Waals surface area contributed by atoms with Crippen LogP contribution in [0.5, 0.6) is 5.75 Å². The molecule has 4 heterocycles. The van der Waals surface area contributed by atoms with Gasteiger partial charge in [0.05, 0.1) is 47.5 Å². The number of aryl methyl sites for hydroxylation is 1. The summed E-state index contributed by atoms with van der Waals surface area (Å²) < 4.78 is 11.5. The fraction of sp³-hybridized carbons (Fsp3) is 0.294. The summed E-state index contributed by atoms with van der Waals surface area (Å²) >= 11 is 0. The van der Waals surface area contributed by atoms with Gasteiger partial charge in [0.1, 0.15) is 17.2 Å². The van der Waals surface area contributed by atoms with Gasteiger partial charge in [0.25, 0.3) is 0 Å². The van der Waals surface area contributed by atoms with Crippen LogP contribution in [0.4, 0.5) is 23.0 Å². The number of furan rings is 1. The zero-order valence-corrected chi connectivity index (χ0v) is 26.2. The molecule has 238 valence electrons. The molecule has 1 amide bonds. The number of benzene rings is 2. The lowest BCUT2D eigenvalue weighted by molar-refractivity contribution is -0.111. The Kier molecular flexibility index (Phi) is 8.99. The van der Waals surface area contributed by atoms with Gasteiger partial charge >= 0.3 is 0 Å². The number of rotatable bonds is 12. The van der Waals surface area contributed by atoms with Crippen LogP contribution >= 0.6 is 0 Å². The van der Waals surface area contributed by atoms with Crippen LogP contribution in [0.25, 0.3) is 33.6 Å². The molecule has 6 rings (SSSR count). The number of aliphatic hydroxyl groups excluding tert-OH is 1. The zero-order valence-electron chi connectivity index (χ0n) is 26.2. The second kappa shape index (κ2) is 13.4. The molecule has 2 aromatic carbocycles. The number of methoxy groups -OCH3 is 1. The van der Waals surface area contributed by atoms with Crippen molar-refractivity contribution in [1.29, 1.82) is 0 Å². The van der Waals surface area contributed by atoms with Crippen molar-refractivity contribution < 1.29 is 19.1 Å². The topological polar surface area (TPSA) is 145 Å². The third-order valence-corrected chi connectivity index (χ3v) is 8.21. The molecule has 46 heavy (non-hydrogen) atoms. The molecule has 1 fully saturated rings. The first-order valence-corrected chi connectivity index (χ1v) is 15.2. The smallest absolute Gasteiger partial charge is 0.247 e. The maximum absolute atomic E-state index is 12.5. The van der Waals surface area contributed by atoms with E-state index in [0.717, 1.165) is 53.2 Å². The standard InChI is InChI=1S/C34H38N8O4/c1-5-31(44)36-25-18-26(29(45-4)19-27(25)42-14-11-23(20-42)41(2)3)38-34-35-13-10-24(37-34)33-32(39-30(40-33)7-6-15-43)22-9-8-21-12-16-46-28(21)17-22/h5,8-10,12-13,16-19,23,43H,1,6-7,11,14-15,20H2,2-4H3,(H,36,44)(H,39,40)(H,35,37,38). The lowest BCUT2D eigenvalue weighted by atomic mass is 10.1. The van der Waals surface area contributed by atoms with E-state index in [1.807, 2.05) is 42.5 Å². The first-order valence-electron chi connectivity index (χ1n) is 15.2. The summed E-state index contributed by atoms with van der Waals surface area (Å²) in [6.07, 6.45) is 6.75. The van der Waals surface area contributed by atoms with Crippen LogP contribution in [-0.2, 0) is 11.2 Å². The molecular formula is C34H38N8O4. The van der Waals surface area contributed by atoms with Crippen LogP contribution in [0.1, 0.15) is 18.7 Å². The Morgan fingerprint density at radius 2 is 2.09 bits per heavy atom. The van der Waals surface area contributed by atoms with Gasteiger partial charge in [-0.3, -0.25) is 4.79 Å². The van der Waals surface area contributed by atoms with E-state index >= 15 is 0 Å². The maximum Gasteiger partial charge on any atom is 0.247 e. The van der Waals surface area contributed by atoms with Gasteiger partial charge in [0.2, 0.25) is 11.9 Å². The number of hydrogen-bond acceptors (Lipinski definition) is 10. The molecule has 1 aliphatic rings. The van der Waals surface area contributed by atoms with Gasteiger partial charge in [-0.25, -0.2) is 15.0 Å². The minimum Gasteiger partial charge on any atom is -0.494 e. The molecule has 12 heteroatoms. The predicted octanol–water partition coefficient (Wildman–Crippen LogP) is 5.22. The summed E-state index contributed by atoms with van der Waals surface area (Å²) in [5, 5.41) is 16.7. The third-order valence-electron chi connectivity index (χ3n) is 8.21. The van der Waals surface area contributed by atoms with Gasteiger partial charge in [0.15, 0.2) is 0 Å². The highest BCUT2D eigenvalue weighted by atomic mass is 16.5. The molecule has 5 aromatic rings. The highest BCUT2D eigenvalue weighted by molar-refractivity contribution is 6.02. The summed E-state index contributed by atoms with van der Waals surface area (Å²) in [4.78, 5) is 34.5. The molecule has 1 unspecified atom stereocenters. The molecule has 1 saturated heterocycles. The highest BCUT2D eigenvalue weighted by Gasteiger charge is 2.27. The quantitative estimate of drug-likeness (QED) is 0.137. The average Bonchev–Trinajstić information content (AvgIpc) is 3.84. The van der Waals surface area contributed by atoms with E-state index in [4.69, 9.17) is 19.1 Å². The zero-order chi connectivity index (χ0) is 32.2. The number of aromatic nitrogens is 4. The molecule has 12 nitrogen and oxygen atoms in total. The molecule has 1 aliphatic heterocycles. The number of fused-ring (bicyclic) bond motifs is 1. The van der Waals surface area contributed by atoms with Crippen LogP contribution < -0.4 is 20.3 Å². The van der Waals surface area contributed by atoms with E-state index in [0.29, 0.717) is 53.3 Å². The number of anilines is 4. The Morgan fingerprint density at radius 1 is 1.22 bits per heavy atom. The Bertz CT molecular complexity index is 1860.